The third-order valence-corrected chi connectivity index (χ3v) is 5.07. The van der Waals surface area contributed by atoms with Crippen LogP contribution in [0.2, 0.25) is 0 Å². The maximum Gasteiger partial charge on any atom is 0.305 e. The average Bonchev–Trinajstić information content (AvgIpc) is 3.11. The third-order valence-electron chi connectivity index (χ3n) is 5.07. The van der Waals surface area contributed by atoms with Crippen LogP contribution >= 0.6 is 0 Å². The molecule has 7 heteroatoms. The largest absolute Gasteiger partial charge is 0.469 e. The van der Waals surface area contributed by atoms with Crippen molar-refractivity contribution in [2.45, 2.75) is 32.2 Å². The molecule has 7 nitrogen and oxygen atoms in total. The van der Waals surface area contributed by atoms with Crippen LogP contribution in [0.3, 0.4) is 0 Å². The van der Waals surface area contributed by atoms with Gasteiger partial charge < -0.3 is 4.74 Å². The van der Waals surface area contributed by atoms with Gasteiger partial charge >= 0.3 is 5.97 Å². The van der Waals surface area contributed by atoms with E-state index in [1.807, 2.05) is 36.4 Å². The molecular weight excluding hydrogens is 368 g/mol. The minimum Gasteiger partial charge on any atom is -0.469 e. The summed E-state index contributed by atoms with van der Waals surface area (Å²) in [5.41, 5.74) is 4.77. The molecule has 29 heavy (non-hydrogen) atoms. The van der Waals surface area contributed by atoms with Gasteiger partial charge in [-0.25, -0.2) is 4.68 Å². The number of nitrogens with zero attached hydrogens (tertiary/aromatic N) is 4. The van der Waals surface area contributed by atoms with Crippen molar-refractivity contribution < 1.29 is 14.3 Å². The Kier molecular flexibility index (Phi) is 5.37. The van der Waals surface area contributed by atoms with Gasteiger partial charge in [0.2, 0.25) is 0 Å². The van der Waals surface area contributed by atoms with E-state index in [4.69, 9.17) is 0 Å². The zero-order valence-corrected chi connectivity index (χ0v) is 16.2. The molecule has 4 rings (SSSR count). The Bertz CT molecular complexity index is 996. The second-order valence-electron chi connectivity index (χ2n) is 6.97. The van der Waals surface area contributed by atoms with Gasteiger partial charge in [0.05, 0.1) is 30.6 Å². The summed E-state index contributed by atoms with van der Waals surface area (Å²) in [7, 11) is 1.36. The third kappa shape index (κ3) is 4.03. The van der Waals surface area contributed by atoms with Crippen LogP contribution in [-0.2, 0) is 40.1 Å². The van der Waals surface area contributed by atoms with E-state index >= 15 is 0 Å². The molecule has 1 aliphatic heterocycles. The smallest absolute Gasteiger partial charge is 0.305 e. The molecule has 0 fully saturated rings. The molecule has 1 amide bonds. The molecule has 148 valence electrons. The fraction of sp³-hybridized carbons (Fsp3) is 0.273. The molecule has 0 N–H and O–H groups in total. The van der Waals surface area contributed by atoms with Gasteiger partial charge in [-0.15, -0.1) is 5.10 Å². The first-order chi connectivity index (χ1) is 14.2. The summed E-state index contributed by atoms with van der Waals surface area (Å²) in [6.07, 6.45) is 4.14. The van der Waals surface area contributed by atoms with Gasteiger partial charge in [-0.3, -0.25) is 14.5 Å². The van der Waals surface area contributed by atoms with Crippen LogP contribution < -0.4 is 4.90 Å². The molecule has 0 spiro atoms. The standard InChI is InChI=1S/C22H22N4O3/c1-29-22(28)13-12-18-14-25(24-23-18)15-21(27)26-19-8-4-2-6-16(19)10-11-17-7-3-5-9-20(17)26/h2-9,14H,10-13,15H2,1H3. The zero-order valence-electron chi connectivity index (χ0n) is 16.2. The van der Waals surface area contributed by atoms with E-state index in [-0.39, 0.29) is 24.8 Å². The van der Waals surface area contributed by atoms with Crippen LogP contribution in [0.25, 0.3) is 0 Å². The Morgan fingerprint density at radius 3 is 2.24 bits per heavy atom. The first-order valence-corrected chi connectivity index (χ1v) is 9.60. The second kappa shape index (κ2) is 8.26. The SMILES string of the molecule is COC(=O)CCc1cn(CC(=O)N2c3ccccc3CCc3ccccc32)nn1. The van der Waals surface area contributed by atoms with Gasteiger partial charge in [0.1, 0.15) is 6.54 Å². The number of hydrogen-bond acceptors (Lipinski definition) is 5. The van der Waals surface area contributed by atoms with Crippen LogP contribution in [0.5, 0.6) is 0 Å². The molecule has 0 saturated heterocycles. The Morgan fingerprint density at radius 2 is 1.62 bits per heavy atom. The quantitative estimate of drug-likeness (QED) is 0.626. The highest BCUT2D eigenvalue weighted by Crippen LogP contribution is 2.36. The molecule has 1 aliphatic rings. The molecule has 3 aromatic rings. The number of para-hydroxylation sites is 2. The van der Waals surface area contributed by atoms with Gasteiger partial charge in [-0.1, -0.05) is 41.6 Å². The molecule has 2 aromatic carbocycles. The van der Waals surface area contributed by atoms with Crippen LogP contribution in [0.4, 0.5) is 11.4 Å². The minimum absolute atomic E-state index is 0.0634. The molecule has 0 saturated carbocycles. The number of methoxy groups -OCH3 is 1. The number of hydrogen-bond donors (Lipinski definition) is 0. The first kappa shape index (κ1) is 18.9. The number of aromatic nitrogens is 3. The fourth-order valence-electron chi connectivity index (χ4n) is 3.62. The monoisotopic (exact) mass is 390 g/mol. The van der Waals surface area contributed by atoms with Crippen LogP contribution in [0.15, 0.2) is 54.7 Å². The van der Waals surface area contributed by atoms with Crippen LogP contribution in [0, 0.1) is 0 Å². The Morgan fingerprint density at radius 1 is 1.00 bits per heavy atom. The van der Waals surface area contributed by atoms with E-state index < -0.39 is 0 Å². The molecule has 0 atom stereocenters. The summed E-state index contributed by atoms with van der Waals surface area (Å²) in [5.74, 6) is -0.385. The maximum absolute atomic E-state index is 13.3. The lowest BCUT2D eigenvalue weighted by atomic mass is 10.0. The van der Waals surface area contributed by atoms with Crippen molar-refractivity contribution in [1.29, 1.82) is 0 Å². The predicted molar refractivity (Wildman–Crippen MR) is 108 cm³/mol. The van der Waals surface area contributed by atoms with Crippen molar-refractivity contribution in [2.24, 2.45) is 0 Å². The van der Waals surface area contributed by atoms with E-state index in [0.29, 0.717) is 12.1 Å². The topological polar surface area (TPSA) is 77.3 Å². The number of benzene rings is 2. The minimum atomic E-state index is -0.298. The van der Waals surface area contributed by atoms with Crippen molar-refractivity contribution in [3.8, 4) is 0 Å². The van der Waals surface area contributed by atoms with E-state index in [0.717, 1.165) is 35.3 Å². The molecule has 0 bridgehead atoms. The number of ether oxygens (including phenoxy) is 1. The summed E-state index contributed by atoms with van der Waals surface area (Å²) < 4.78 is 6.17. The molecule has 2 heterocycles. The number of amides is 1. The lowest BCUT2D eigenvalue weighted by Gasteiger charge is -2.24. The Hall–Kier alpha value is -3.48. The lowest BCUT2D eigenvalue weighted by Crippen LogP contribution is -2.30. The second-order valence-corrected chi connectivity index (χ2v) is 6.97. The molecule has 1 aromatic heterocycles. The summed E-state index contributed by atoms with van der Waals surface area (Å²) in [6.45, 7) is 0.0634. The van der Waals surface area contributed by atoms with Crippen LogP contribution in [-0.4, -0.2) is 34.0 Å². The van der Waals surface area contributed by atoms with Crippen molar-refractivity contribution in [1.82, 2.24) is 15.0 Å². The molecular formula is C22H22N4O3. The summed E-state index contributed by atoms with van der Waals surface area (Å²) in [6, 6.07) is 16.0. The highest BCUT2D eigenvalue weighted by molar-refractivity contribution is 6.02. The zero-order chi connectivity index (χ0) is 20.2. The number of esters is 1. The number of fused-ring (bicyclic) bond motifs is 2. The van der Waals surface area contributed by atoms with Gasteiger partial charge in [-0.2, -0.15) is 0 Å². The fourth-order valence-corrected chi connectivity index (χ4v) is 3.62. The summed E-state index contributed by atoms with van der Waals surface area (Å²) >= 11 is 0. The van der Waals surface area contributed by atoms with Gasteiger partial charge in [0, 0.05) is 12.6 Å². The average molecular weight is 390 g/mol. The number of anilines is 2. The summed E-state index contributed by atoms with van der Waals surface area (Å²) in [5, 5.41) is 8.12. The van der Waals surface area contributed by atoms with Crippen LogP contribution in [0.1, 0.15) is 23.2 Å². The van der Waals surface area contributed by atoms with E-state index in [1.54, 1.807) is 11.1 Å². The van der Waals surface area contributed by atoms with Crippen molar-refractivity contribution in [2.75, 3.05) is 12.0 Å². The molecule has 0 aliphatic carbocycles. The van der Waals surface area contributed by atoms with E-state index in [9.17, 15) is 9.59 Å². The van der Waals surface area contributed by atoms with Gasteiger partial charge in [0.15, 0.2) is 0 Å². The number of carbonyl (C=O) groups is 2. The lowest BCUT2D eigenvalue weighted by molar-refractivity contribution is -0.140. The van der Waals surface area contributed by atoms with E-state index in [2.05, 4.69) is 27.2 Å². The highest BCUT2D eigenvalue weighted by Gasteiger charge is 2.25. The summed E-state index contributed by atoms with van der Waals surface area (Å²) in [4.78, 5) is 26.4. The number of carbonyl (C=O) groups excluding carboxylic acids is 2. The Labute approximate surface area is 168 Å². The maximum atomic E-state index is 13.3. The normalized spacial score (nSPS) is 12.7. The predicted octanol–water partition coefficient (Wildman–Crippen LogP) is 2.85. The highest BCUT2D eigenvalue weighted by atomic mass is 16.5. The van der Waals surface area contributed by atoms with E-state index in [1.165, 1.54) is 11.8 Å². The molecule has 0 unspecified atom stereocenters. The molecule has 0 radical (unpaired) electrons. The van der Waals surface area contributed by atoms with Crippen molar-refractivity contribution in [3.63, 3.8) is 0 Å². The van der Waals surface area contributed by atoms with Gasteiger partial charge in [-0.05, 0) is 36.1 Å². The number of aryl methyl sites for hydroxylation is 3. The Balaban J connectivity index is 1.59. The first-order valence-electron chi connectivity index (χ1n) is 9.60. The van der Waals surface area contributed by atoms with Crippen molar-refractivity contribution in [3.05, 3.63) is 71.5 Å². The van der Waals surface area contributed by atoms with Gasteiger partial charge in [0.25, 0.3) is 5.91 Å². The number of rotatable bonds is 5. The van der Waals surface area contributed by atoms with Crippen molar-refractivity contribution >= 4 is 23.3 Å².